The van der Waals surface area contributed by atoms with Crippen LogP contribution in [-0.4, -0.2) is 64.4 Å². The lowest BCUT2D eigenvalue weighted by Crippen LogP contribution is -2.66. The highest BCUT2D eigenvalue weighted by Gasteiger charge is 2.70. The average molecular weight is 829 g/mol. The van der Waals surface area contributed by atoms with Gasteiger partial charge in [-0.25, -0.2) is 0 Å². The molecule has 0 bridgehead atoms. The fourth-order valence-corrected chi connectivity index (χ4v) is 14.6. The van der Waals surface area contributed by atoms with Gasteiger partial charge in [0.05, 0.1) is 0 Å². The van der Waals surface area contributed by atoms with Crippen LogP contribution in [0.2, 0.25) is 0 Å². The Morgan fingerprint density at radius 3 is 2.33 bits per heavy atom. The predicted octanol–water partition coefficient (Wildman–Crippen LogP) is 8.63. The molecule has 3 heterocycles. The van der Waals surface area contributed by atoms with E-state index in [0.717, 1.165) is 65.9 Å². The minimum absolute atomic E-state index is 0.00192. The van der Waals surface area contributed by atoms with Crippen molar-refractivity contribution in [1.29, 1.82) is 0 Å². The monoisotopic (exact) mass is 829 g/mol. The van der Waals surface area contributed by atoms with E-state index in [0.29, 0.717) is 29.2 Å². The number of amides is 2. The van der Waals surface area contributed by atoms with Gasteiger partial charge in [-0.2, -0.15) is 0 Å². The van der Waals surface area contributed by atoms with E-state index in [1.807, 2.05) is 13.0 Å². The Hall–Kier alpha value is -3.83. The summed E-state index contributed by atoms with van der Waals surface area (Å²) in [5.41, 5.74) is 2.43. The Morgan fingerprint density at radius 2 is 1.62 bits per heavy atom. The second-order valence-corrected chi connectivity index (χ2v) is 21.9. The molecule has 12 heteroatoms. The van der Waals surface area contributed by atoms with Crippen molar-refractivity contribution in [2.75, 3.05) is 13.1 Å². The van der Waals surface area contributed by atoms with Gasteiger partial charge in [0, 0.05) is 73.5 Å². The van der Waals surface area contributed by atoms with Crippen LogP contribution in [0.1, 0.15) is 143 Å². The van der Waals surface area contributed by atoms with Crippen LogP contribution in [0.15, 0.2) is 35.6 Å². The summed E-state index contributed by atoms with van der Waals surface area (Å²) in [7, 11) is 0. The van der Waals surface area contributed by atoms with Gasteiger partial charge in [0.25, 0.3) is 0 Å². The highest BCUT2D eigenvalue weighted by atomic mass is 19.2. The normalized spacial score (nSPS) is 38.2. The fraction of sp³-hybridized carbons (Fsp3) is 0.688. The molecule has 0 spiro atoms. The van der Waals surface area contributed by atoms with E-state index in [-0.39, 0.29) is 100 Å². The fourth-order valence-electron chi connectivity index (χ4n) is 14.6. The zero-order valence-corrected chi connectivity index (χ0v) is 37.7. The number of carbonyl (C=O) groups is 4. The Morgan fingerprint density at radius 1 is 0.917 bits per heavy atom. The van der Waals surface area contributed by atoms with Crippen molar-refractivity contribution in [2.45, 2.75) is 146 Å². The number of carbonyl (C=O) groups excluding carboxylic acids is 4. The SMILES string of the molecule is CC(=O)O[C@H]1CC[C@]2(C)[C@H]3C(=O)C=C4[C@@H]5C[C@@](C)(C(=O)NCCNC(=O)CCC6=[N+]7C(=Cc8c(C)cc(C)n8[B-]7(F)F)C=C6)CC[C@]5(C)CC[C@@]4(C)[C@]3(C)CC[C@H]2C1(C)C. The van der Waals surface area contributed by atoms with Crippen LogP contribution in [0.25, 0.3) is 6.08 Å². The summed E-state index contributed by atoms with van der Waals surface area (Å²) in [6.45, 7) is 17.5. The van der Waals surface area contributed by atoms with E-state index < -0.39 is 12.4 Å². The number of rotatable bonds is 8. The Labute approximate surface area is 355 Å². The molecule has 4 fully saturated rings. The van der Waals surface area contributed by atoms with E-state index in [4.69, 9.17) is 4.74 Å². The van der Waals surface area contributed by atoms with E-state index in [9.17, 15) is 19.2 Å². The summed E-state index contributed by atoms with van der Waals surface area (Å²) < 4.78 is 39.8. The van der Waals surface area contributed by atoms with E-state index >= 15 is 8.63 Å². The molecule has 0 radical (unpaired) electrons. The zero-order chi connectivity index (χ0) is 43.6. The maximum absolute atomic E-state index is 15.8. The molecule has 60 heavy (non-hydrogen) atoms. The number of fused-ring (bicyclic) bond motifs is 9. The molecule has 0 aromatic carbocycles. The number of esters is 1. The molecule has 4 saturated carbocycles. The lowest BCUT2D eigenvalue weighted by molar-refractivity contribution is -0.362. The first-order valence-electron chi connectivity index (χ1n) is 22.7. The second-order valence-electron chi connectivity index (χ2n) is 21.9. The van der Waals surface area contributed by atoms with Crippen LogP contribution in [0, 0.1) is 64.1 Å². The van der Waals surface area contributed by atoms with Crippen molar-refractivity contribution in [3.8, 4) is 0 Å². The lowest BCUT2D eigenvalue weighted by atomic mass is 9.33. The van der Waals surface area contributed by atoms with E-state index in [1.54, 1.807) is 31.2 Å². The van der Waals surface area contributed by atoms with Gasteiger partial charge >= 0.3 is 12.9 Å². The van der Waals surface area contributed by atoms with Crippen LogP contribution in [0.5, 0.6) is 0 Å². The lowest BCUT2D eigenvalue weighted by Gasteiger charge is -2.70. The zero-order valence-electron chi connectivity index (χ0n) is 37.7. The number of ketones is 1. The standard InChI is InChI=1S/C48H67BF2N4O5/c1-29-25-30(2)54-36(29)26-33-12-11-32(55(33)49(54,50)51)13-14-40(58)52-23-24-53-42(59)45(7)20-19-44(6)21-22-47(9)34(35(44)28-45)27-37(57)41-46(8)17-16-39(60-31(3)56)43(4,5)38(46)15-18-48(41,47)10/h11-12,25-27,35,38-39,41H,13-24,28H2,1-10H3,(H,52,58)(H,53,59)/t35-,38-,39-,41+,44+,45-,46-,47+,48+/m0/s1. The highest BCUT2D eigenvalue weighted by molar-refractivity contribution is 6.58. The molecule has 5 aliphatic carbocycles. The number of hydrogen-bond donors (Lipinski definition) is 2. The molecule has 2 aliphatic heterocycles. The van der Waals surface area contributed by atoms with Gasteiger partial charge in [0.1, 0.15) is 11.8 Å². The van der Waals surface area contributed by atoms with E-state index in [1.165, 1.54) is 12.5 Å². The van der Waals surface area contributed by atoms with Gasteiger partial charge in [0.2, 0.25) is 11.8 Å². The molecule has 0 unspecified atom stereocenters. The Bertz CT molecular complexity index is 2190. The molecule has 9 atom stereocenters. The first-order valence-corrected chi connectivity index (χ1v) is 22.7. The number of nitrogens with one attached hydrogen (secondary N) is 2. The summed E-state index contributed by atoms with van der Waals surface area (Å²) in [4.78, 5) is 53.9. The summed E-state index contributed by atoms with van der Waals surface area (Å²) in [6, 6.07) is 1.77. The molecule has 8 rings (SSSR count). The Balaban J connectivity index is 0.914. The maximum atomic E-state index is 15.8. The minimum atomic E-state index is -4.08. The van der Waals surface area contributed by atoms with Crippen molar-refractivity contribution in [2.24, 2.45) is 50.2 Å². The van der Waals surface area contributed by atoms with Gasteiger partial charge < -0.3 is 33.0 Å². The molecule has 7 aliphatic rings. The summed E-state index contributed by atoms with van der Waals surface area (Å²) in [5.74, 6) is -0.0581. The van der Waals surface area contributed by atoms with Crippen LogP contribution in [-0.2, 0) is 23.9 Å². The number of nitrogens with zero attached hydrogens (tertiary/aromatic N) is 2. The van der Waals surface area contributed by atoms with Crippen LogP contribution < -0.4 is 10.6 Å². The third kappa shape index (κ3) is 6.20. The number of allylic oxidation sites excluding steroid dienone is 4. The second kappa shape index (κ2) is 14.1. The molecule has 1 aromatic rings. The number of aryl methyl sites for hydroxylation is 2. The van der Waals surface area contributed by atoms with Crippen LogP contribution in [0.3, 0.4) is 0 Å². The number of ether oxygens (including phenoxy) is 1. The predicted molar refractivity (Wildman–Crippen MR) is 230 cm³/mol. The highest BCUT2D eigenvalue weighted by Crippen LogP contribution is 2.75. The molecular formula is C48H67BF2N4O5. The molecular weight excluding hydrogens is 761 g/mol. The van der Waals surface area contributed by atoms with Crippen LogP contribution in [0.4, 0.5) is 8.63 Å². The molecule has 2 amide bonds. The molecule has 1 aromatic heterocycles. The maximum Gasteiger partial charge on any atom is 0.737 e. The van der Waals surface area contributed by atoms with Crippen molar-refractivity contribution >= 4 is 42.3 Å². The van der Waals surface area contributed by atoms with Gasteiger partial charge in [0.15, 0.2) is 11.5 Å². The number of hydrogen-bond acceptors (Lipinski definition) is 5. The van der Waals surface area contributed by atoms with Crippen molar-refractivity contribution in [1.82, 2.24) is 15.1 Å². The first kappa shape index (κ1) is 42.8. The molecule has 9 nitrogen and oxygen atoms in total. The smallest absolute Gasteiger partial charge is 0.462 e. The van der Waals surface area contributed by atoms with Gasteiger partial charge in [-0.05, 0) is 129 Å². The summed E-state index contributed by atoms with van der Waals surface area (Å²) >= 11 is 0. The Kier molecular flexibility index (Phi) is 10.1. The molecule has 2 N–H and O–H groups in total. The summed E-state index contributed by atoms with van der Waals surface area (Å²) in [6.07, 6.45) is 15.2. The largest absolute Gasteiger partial charge is 0.737 e. The van der Waals surface area contributed by atoms with E-state index in [2.05, 4.69) is 59.1 Å². The van der Waals surface area contributed by atoms with Crippen molar-refractivity contribution in [3.05, 3.63) is 52.5 Å². The number of aromatic nitrogens is 1. The van der Waals surface area contributed by atoms with Gasteiger partial charge in [-0.3, -0.25) is 19.2 Å². The average Bonchev–Trinajstić information content (AvgIpc) is 3.71. The van der Waals surface area contributed by atoms with Crippen LogP contribution >= 0.6 is 0 Å². The summed E-state index contributed by atoms with van der Waals surface area (Å²) in [5, 5.41) is 6.00. The third-order valence-electron chi connectivity index (χ3n) is 18.1. The quantitative estimate of drug-likeness (QED) is 0.155. The van der Waals surface area contributed by atoms with Crippen molar-refractivity contribution < 1.29 is 37.0 Å². The van der Waals surface area contributed by atoms with Crippen molar-refractivity contribution in [3.63, 3.8) is 0 Å². The van der Waals surface area contributed by atoms with Gasteiger partial charge in [-0.1, -0.05) is 54.0 Å². The molecule has 326 valence electrons. The third-order valence-corrected chi connectivity index (χ3v) is 18.1. The minimum Gasteiger partial charge on any atom is -0.462 e. The molecule has 0 saturated heterocycles. The topological polar surface area (TPSA) is 110 Å². The van der Waals surface area contributed by atoms with Gasteiger partial charge in [-0.15, -0.1) is 0 Å². The first-order chi connectivity index (χ1) is 27.9. The number of halogens is 2.